The number of carbonyl (C=O) groups is 2. The Morgan fingerprint density at radius 2 is 1.67 bits per heavy atom. The summed E-state index contributed by atoms with van der Waals surface area (Å²) in [6.45, 7) is 8.89. The number of anilines is 1. The molecule has 0 bridgehead atoms. The lowest BCUT2D eigenvalue weighted by Gasteiger charge is -2.24. The van der Waals surface area contributed by atoms with Crippen LogP contribution in [0.4, 0.5) is 9.52 Å². The number of ketones is 1. The van der Waals surface area contributed by atoms with Crippen LogP contribution in [0.2, 0.25) is 0 Å². The van der Waals surface area contributed by atoms with Crippen LogP contribution in [0, 0.1) is 5.82 Å². The summed E-state index contributed by atoms with van der Waals surface area (Å²) < 4.78 is 19.5. The van der Waals surface area contributed by atoms with Crippen molar-refractivity contribution in [2.75, 3.05) is 11.5 Å². The predicted octanol–water partition coefficient (Wildman–Crippen LogP) is 7.68. The van der Waals surface area contributed by atoms with Crippen LogP contribution >= 0.6 is 23.1 Å². The largest absolute Gasteiger partial charge is 0.507 e. The van der Waals surface area contributed by atoms with Crippen molar-refractivity contribution in [2.45, 2.75) is 55.7 Å². The van der Waals surface area contributed by atoms with Crippen molar-refractivity contribution in [1.29, 1.82) is 0 Å². The number of Topliss-reactive ketones (excluding diaryl/α,β-unsaturated/α-hetero) is 1. The lowest BCUT2D eigenvalue weighted by atomic mass is 9.85. The molecule has 1 N–H and O–H groups in total. The van der Waals surface area contributed by atoms with Crippen molar-refractivity contribution in [3.8, 4) is 5.75 Å². The van der Waals surface area contributed by atoms with Crippen molar-refractivity contribution in [2.24, 2.45) is 0 Å². The SMILES string of the molecule is CCCOc1ccc(/C(O)=C2/C(=O)C(=O)N(c3nnc(SCc4ccc(F)cc4)s3)C2c2ccc(C(C)(C)C)cc2)cc1. The third kappa shape index (κ3) is 6.65. The molecular weight excluding hydrogens is 586 g/mol. The zero-order valence-electron chi connectivity index (χ0n) is 24.3. The summed E-state index contributed by atoms with van der Waals surface area (Å²) in [6, 6.07) is 19.8. The molecule has 1 fully saturated rings. The Kier molecular flexibility index (Phi) is 8.98. The summed E-state index contributed by atoms with van der Waals surface area (Å²) >= 11 is 2.58. The second kappa shape index (κ2) is 12.7. The highest BCUT2D eigenvalue weighted by molar-refractivity contribution is 8.00. The third-order valence-electron chi connectivity index (χ3n) is 7.01. The monoisotopic (exact) mass is 617 g/mol. The molecule has 0 aliphatic carbocycles. The first-order valence-corrected chi connectivity index (χ1v) is 15.7. The number of nitrogens with zero attached hydrogens (tertiary/aromatic N) is 3. The van der Waals surface area contributed by atoms with Gasteiger partial charge in [-0.05, 0) is 64.9 Å². The van der Waals surface area contributed by atoms with E-state index in [1.54, 1.807) is 36.4 Å². The molecular formula is C33H32FN3O4S2. The van der Waals surface area contributed by atoms with Gasteiger partial charge in [0.15, 0.2) is 4.34 Å². The molecule has 1 saturated heterocycles. The lowest BCUT2D eigenvalue weighted by molar-refractivity contribution is -0.132. The van der Waals surface area contributed by atoms with Gasteiger partial charge in [0.25, 0.3) is 5.78 Å². The summed E-state index contributed by atoms with van der Waals surface area (Å²) in [7, 11) is 0. The molecule has 1 aromatic heterocycles. The molecule has 222 valence electrons. The van der Waals surface area contributed by atoms with Crippen molar-refractivity contribution in [3.05, 3.63) is 106 Å². The number of ether oxygens (including phenoxy) is 1. The number of aliphatic hydroxyl groups is 1. The van der Waals surface area contributed by atoms with Gasteiger partial charge < -0.3 is 9.84 Å². The Morgan fingerprint density at radius 1 is 1.00 bits per heavy atom. The Labute approximate surface area is 258 Å². The van der Waals surface area contributed by atoms with Crippen LogP contribution in [0.5, 0.6) is 5.75 Å². The predicted molar refractivity (Wildman–Crippen MR) is 168 cm³/mol. The Hall–Kier alpha value is -4.02. The number of halogens is 1. The molecule has 0 spiro atoms. The highest BCUT2D eigenvalue weighted by Crippen LogP contribution is 2.44. The van der Waals surface area contributed by atoms with E-state index in [1.165, 1.54) is 40.1 Å². The minimum atomic E-state index is -0.909. The van der Waals surface area contributed by atoms with Gasteiger partial charge in [0.2, 0.25) is 5.13 Å². The van der Waals surface area contributed by atoms with Gasteiger partial charge in [0, 0.05) is 11.3 Å². The number of thioether (sulfide) groups is 1. The van der Waals surface area contributed by atoms with Gasteiger partial charge in [-0.25, -0.2) is 4.39 Å². The van der Waals surface area contributed by atoms with E-state index in [0.717, 1.165) is 17.5 Å². The summed E-state index contributed by atoms with van der Waals surface area (Å²) in [5.41, 5.74) is 2.93. The van der Waals surface area contributed by atoms with Crippen molar-refractivity contribution in [3.63, 3.8) is 0 Å². The van der Waals surface area contributed by atoms with Gasteiger partial charge in [-0.3, -0.25) is 14.5 Å². The summed E-state index contributed by atoms with van der Waals surface area (Å²) in [5, 5.41) is 20.2. The van der Waals surface area contributed by atoms with E-state index in [4.69, 9.17) is 4.74 Å². The van der Waals surface area contributed by atoms with Crippen molar-refractivity contribution < 1.29 is 23.8 Å². The number of aromatic nitrogens is 2. The van der Waals surface area contributed by atoms with Crippen LogP contribution in [0.1, 0.15) is 62.4 Å². The van der Waals surface area contributed by atoms with Gasteiger partial charge in [0.05, 0.1) is 18.2 Å². The average Bonchev–Trinajstić information content (AvgIpc) is 3.57. The first kappa shape index (κ1) is 30.4. The Balaban J connectivity index is 1.52. The van der Waals surface area contributed by atoms with E-state index in [1.807, 2.05) is 31.2 Å². The highest BCUT2D eigenvalue weighted by Gasteiger charge is 2.48. The molecule has 0 radical (unpaired) electrons. The summed E-state index contributed by atoms with van der Waals surface area (Å²) in [5.74, 6) is -0.997. The van der Waals surface area contributed by atoms with Crippen LogP contribution in [0.25, 0.3) is 5.76 Å². The molecule has 5 rings (SSSR count). The molecule has 10 heteroatoms. The van der Waals surface area contributed by atoms with E-state index in [2.05, 4.69) is 31.0 Å². The zero-order chi connectivity index (χ0) is 30.7. The average molecular weight is 618 g/mol. The van der Waals surface area contributed by atoms with Crippen molar-refractivity contribution >= 4 is 45.7 Å². The molecule has 1 aliphatic heterocycles. The van der Waals surface area contributed by atoms with Crippen LogP contribution < -0.4 is 9.64 Å². The van der Waals surface area contributed by atoms with E-state index in [0.29, 0.717) is 33.6 Å². The van der Waals surface area contributed by atoms with E-state index in [9.17, 15) is 19.1 Å². The number of rotatable bonds is 9. The van der Waals surface area contributed by atoms with Crippen LogP contribution in [0.3, 0.4) is 0 Å². The van der Waals surface area contributed by atoms with Crippen molar-refractivity contribution in [1.82, 2.24) is 10.2 Å². The third-order valence-corrected chi connectivity index (χ3v) is 9.14. The minimum Gasteiger partial charge on any atom is -0.507 e. The second-order valence-electron chi connectivity index (χ2n) is 11.2. The maximum absolute atomic E-state index is 13.6. The van der Waals surface area contributed by atoms with Gasteiger partial charge in [-0.2, -0.15) is 0 Å². The maximum atomic E-state index is 13.6. The highest BCUT2D eigenvalue weighted by atomic mass is 32.2. The number of hydrogen-bond acceptors (Lipinski definition) is 8. The molecule has 1 unspecified atom stereocenters. The van der Waals surface area contributed by atoms with Gasteiger partial charge in [0.1, 0.15) is 17.3 Å². The molecule has 4 aromatic rings. The number of benzene rings is 3. The van der Waals surface area contributed by atoms with E-state index >= 15 is 0 Å². The van der Waals surface area contributed by atoms with E-state index < -0.39 is 17.7 Å². The number of carbonyl (C=O) groups excluding carboxylic acids is 2. The molecule has 7 nitrogen and oxygen atoms in total. The smallest absolute Gasteiger partial charge is 0.301 e. The fourth-order valence-electron chi connectivity index (χ4n) is 4.68. The second-order valence-corrected chi connectivity index (χ2v) is 13.4. The summed E-state index contributed by atoms with van der Waals surface area (Å²) in [4.78, 5) is 28.4. The Morgan fingerprint density at radius 3 is 2.30 bits per heavy atom. The number of aliphatic hydroxyl groups excluding tert-OH is 1. The van der Waals surface area contributed by atoms with Crippen LogP contribution in [-0.4, -0.2) is 33.6 Å². The molecule has 1 aliphatic rings. The first-order valence-electron chi connectivity index (χ1n) is 13.9. The lowest BCUT2D eigenvalue weighted by Crippen LogP contribution is -2.29. The maximum Gasteiger partial charge on any atom is 0.301 e. The quantitative estimate of drug-likeness (QED) is 0.0677. The normalized spacial score (nSPS) is 16.6. The van der Waals surface area contributed by atoms with Gasteiger partial charge >= 0.3 is 5.91 Å². The molecule has 1 amide bonds. The first-order chi connectivity index (χ1) is 20.6. The van der Waals surface area contributed by atoms with Crippen LogP contribution in [0.15, 0.2) is 82.7 Å². The standard InChI is InChI=1S/C33H32FN3O4S2/c1-5-18-41-25-16-10-22(11-17-25)28(38)26-27(21-8-12-23(13-9-21)33(2,3)4)37(30(40)29(26)39)31-35-36-32(43-31)42-19-20-6-14-24(34)15-7-20/h6-17,27,38H,5,18-19H2,1-4H3/b28-26-. The Bertz CT molecular complexity index is 1640. The summed E-state index contributed by atoms with van der Waals surface area (Å²) in [6.07, 6.45) is 0.858. The van der Waals surface area contributed by atoms with Gasteiger partial charge in [-0.1, -0.05) is 87.2 Å². The van der Waals surface area contributed by atoms with Crippen LogP contribution in [-0.2, 0) is 20.8 Å². The van der Waals surface area contributed by atoms with Gasteiger partial charge in [-0.15, -0.1) is 10.2 Å². The number of hydrogen-bond donors (Lipinski definition) is 1. The topological polar surface area (TPSA) is 92.6 Å². The minimum absolute atomic E-state index is 0.0218. The fourth-order valence-corrected chi connectivity index (χ4v) is 6.50. The molecule has 43 heavy (non-hydrogen) atoms. The van der Waals surface area contributed by atoms with E-state index in [-0.39, 0.29) is 27.7 Å². The molecule has 1 atom stereocenters. The number of amides is 1. The molecule has 0 saturated carbocycles. The zero-order valence-corrected chi connectivity index (χ0v) is 26.0. The molecule has 2 heterocycles. The fraction of sp³-hybridized carbons (Fsp3) is 0.273. The molecule has 3 aromatic carbocycles.